The molecule has 2 aliphatic heterocycles. The molecule has 2 fully saturated rings. The molecule has 7 heteroatoms. The maximum Gasteiger partial charge on any atom is 0.232 e. The molecule has 7 nitrogen and oxygen atoms in total. The summed E-state index contributed by atoms with van der Waals surface area (Å²) in [4.78, 5) is 25.2. The molecule has 3 aliphatic rings. The van der Waals surface area contributed by atoms with Crippen LogP contribution in [0.1, 0.15) is 30.7 Å². The maximum absolute atomic E-state index is 5.24. The van der Waals surface area contributed by atoms with Crippen LogP contribution in [0.5, 0.6) is 5.88 Å². The smallest absolute Gasteiger partial charge is 0.232 e. The Morgan fingerprint density at radius 1 is 1.12 bits per heavy atom. The third-order valence-electron chi connectivity index (χ3n) is 5.52. The zero-order valence-electron chi connectivity index (χ0n) is 14.7. The summed E-state index contributed by atoms with van der Waals surface area (Å²) in [5.74, 6) is 1.36. The Bertz CT molecular complexity index is 910. The van der Waals surface area contributed by atoms with E-state index < -0.39 is 0 Å². The Morgan fingerprint density at radius 2 is 2.00 bits per heavy atom. The first kappa shape index (κ1) is 15.4. The first-order valence-corrected chi connectivity index (χ1v) is 8.97. The molecule has 1 aliphatic carbocycles. The van der Waals surface area contributed by atoms with Gasteiger partial charge >= 0.3 is 0 Å². The average Bonchev–Trinajstić information content (AvgIpc) is 2.83. The molecule has 0 unspecified atom stereocenters. The highest BCUT2D eigenvalue weighted by Gasteiger charge is 2.48. The van der Waals surface area contributed by atoms with E-state index in [0.717, 1.165) is 36.0 Å². The van der Waals surface area contributed by atoms with E-state index in [1.807, 2.05) is 12.3 Å². The summed E-state index contributed by atoms with van der Waals surface area (Å²) in [6.07, 6.45) is 13.5. The summed E-state index contributed by atoms with van der Waals surface area (Å²) in [6, 6.07) is 0. The molecule has 0 amide bonds. The van der Waals surface area contributed by atoms with Gasteiger partial charge in [-0.05, 0) is 18.9 Å². The predicted molar refractivity (Wildman–Crippen MR) is 99.3 cm³/mol. The Hall–Kier alpha value is -2.83. The van der Waals surface area contributed by atoms with Gasteiger partial charge in [-0.1, -0.05) is 6.42 Å². The number of rotatable bonds is 3. The molecule has 1 saturated carbocycles. The number of hydrogen-bond donors (Lipinski definition) is 0. The lowest BCUT2D eigenvalue weighted by Crippen LogP contribution is -2.60. The zero-order valence-corrected chi connectivity index (χ0v) is 14.7. The number of aromatic nitrogens is 4. The van der Waals surface area contributed by atoms with Crippen molar-refractivity contribution in [1.82, 2.24) is 19.9 Å². The van der Waals surface area contributed by atoms with Crippen LogP contribution in [0.3, 0.4) is 0 Å². The molecular weight excluding hydrogens is 328 g/mol. The van der Waals surface area contributed by atoms with Crippen LogP contribution in [0.15, 0.2) is 23.6 Å². The number of ether oxygens (including phenoxy) is 1. The van der Waals surface area contributed by atoms with Gasteiger partial charge in [0.25, 0.3) is 0 Å². The normalized spacial score (nSPS) is 19.5. The molecule has 0 bridgehead atoms. The van der Waals surface area contributed by atoms with Crippen LogP contribution >= 0.6 is 0 Å². The van der Waals surface area contributed by atoms with E-state index in [9.17, 15) is 0 Å². The number of methoxy groups -OCH3 is 1. The van der Waals surface area contributed by atoms with Crippen molar-refractivity contribution < 1.29 is 4.74 Å². The Balaban J connectivity index is 1.60. The third-order valence-corrected chi connectivity index (χ3v) is 5.52. The molecule has 2 aromatic heterocycles. The van der Waals surface area contributed by atoms with Crippen LogP contribution in [0, 0.1) is 5.41 Å². The SMILES string of the molecule is COc1cncc(-c2nc3c(nc2N2CC4(CCC4)C2)C=CN=CC3)n1. The number of nitrogens with zero attached hydrogens (tertiary/aromatic N) is 6. The van der Waals surface area contributed by atoms with Crippen molar-refractivity contribution in [2.24, 2.45) is 10.4 Å². The molecule has 2 aromatic rings. The molecule has 0 radical (unpaired) electrons. The summed E-state index contributed by atoms with van der Waals surface area (Å²) in [5, 5.41) is 0. The standard InChI is InChI=1S/C19H20N6O/c1-26-16-10-21-9-15(22-16)17-18(25-11-19(12-25)5-2-6-19)24-14-4-8-20-7-3-13(14)23-17/h4,7-10H,2-3,5-6,11-12H2,1H3. The number of hydrogen-bond acceptors (Lipinski definition) is 7. The second-order valence-electron chi connectivity index (χ2n) is 7.24. The maximum atomic E-state index is 5.24. The van der Waals surface area contributed by atoms with Gasteiger partial charge in [-0.15, -0.1) is 0 Å². The summed E-state index contributed by atoms with van der Waals surface area (Å²) < 4.78 is 5.24. The Labute approximate surface area is 151 Å². The fraction of sp³-hybridized carbons (Fsp3) is 0.421. The van der Waals surface area contributed by atoms with Crippen molar-refractivity contribution in [3.63, 3.8) is 0 Å². The van der Waals surface area contributed by atoms with E-state index in [1.165, 1.54) is 19.3 Å². The predicted octanol–water partition coefficient (Wildman–Crippen LogP) is 2.53. The van der Waals surface area contributed by atoms with Gasteiger partial charge in [0.05, 0.1) is 30.9 Å². The minimum absolute atomic E-state index is 0.478. The van der Waals surface area contributed by atoms with Gasteiger partial charge in [0.2, 0.25) is 5.88 Å². The van der Waals surface area contributed by atoms with Crippen molar-refractivity contribution in [3.05, 3.63) is 30.0 Å². The fourth-order valence-electron chi connectivity index (χ4n) is 3.93. The number of aliphatic imine (C=N–C) groups is 1. The van der Waals surface area contributed by atoms with Crippen LogP contribution in [-0.4, -0.2) is 46.3 Å². The minimum atomic E-state index is 0.478. The molecule has 132 valence electrons. The van der Waals surface area contributed by atoms with Crippen LogP contribution < -0.4 is 9.64 Å². The monoisotopic (exact) mass is 348 g/mol. The highest BCUT2D eigenvalue weighted by atomic mass is 16.5. The highest BCUT2D eigenvalue weighted by Crippen LogP contribution is 2.50. The largest absolute Gasteiger partial charge is 0.480 e. The highest BCUT2D eigenvalue weighted by molar-refractivity contribution is 5.75. The Kier molecular flexibility index (Phi) is 3.48. The van der Waals surface area contributed by atoms with Crippen molar-refractivity contribution in [1.29, 1.82) is 0 Å². The summed E-state index contributed by atoms with van der Waals surface area (Å²) in [7, 11) is 1.59. The number of fused-ring (bicyclic) bond motifs is 1. The van der Waals surface area contributed by atoms with E-state index in [2.05, 4.69) is 19.9 Å². The average molecular weight is 348 g/mol. The fourth-order valence-corrected chi connectivity index (χ4v) is 3.93. The summed E-state index contributed by atoms with van der Waals surface area (Å²) in [5.41, 5.74) is 3.75. The molecule has 5 rings (SSSR count). The van der Waals surface area contributed by atoms with Crippen molar-refractivity contribution in [2.75, 3.05) is 25.1 Å². The topological polar surface area (TPSA) is 76.4 Å². The lowest BCUT2D eigenvalue weighted by molar-refractivity contribution is 0.0897. The van der Waals surface area contributed by atoms with Crippen LogP contribution in [0.4, 0.5) is 5.82 Å². The zero-order chi connectivity index (χ0) is 17.6. The van der Waals surface area contributed by atoms with Gasteiger partial charge in [-0.25, -0.2) is 15.0 Å². The molecule has 4 heterocycles. The molecule has 1 saturated heterocycles. The number of anilines is 1. The summed E-state index contributed by atoms with van der Waals surface area (Å²) in [6.45, 7) is 2.09. The van der Waals surface area contributed by atoms with Crippen molar-refractivity contribution in [3.8, 4) is 17.3 Å². The lowest BCUT2D eigenvalue weighted by Gasteiger charge is -2.56. The van der Waals surface area contributed by atoms with Crippen molar-refractivity contribution in [2.45, 2.75) is 25.7 Å². The quantitative estimate of drug-likeness (QED) is 0.848. The van der Waals surface area contributed by atoms with Gasteiger partial charge in [0.1, 0.15) is 11.4 Å². The Morgan fingerprint density at radius 3 is 2.77 bits per heavy atom. The van der Waals surface area contributed by atoms with Gasteiger partial charge < -0.3 is 9.64 Å². The second-order valence-corrected chi connectivity index (χ2v) is 7.24. The van der Waals surface area contributed by atoms with E-state index in [1.54, 1.807) is 25.7 Å². The lowest BCUT2D eigenvalue weighted by atomic mass is 9.63. The van der Waals surface area contributed by atoms with Gasteiger partial charge in [-0.2, -0.15) is 0 Å². The minimum Gasteiger partial charge on any atom is -0.480 e. The molecule has 0 aromatic carbocycles. The first-order valence-electron chi connectivity index (χ1n) is 8.97. The molecular formula is C19H20N6O. The van der Waals surface area contributed by atoms with E-state index in [4.69, 9.17) is 14.7 Å². The molecule has 0 atom stereocenters. The van der Waals surface area contributed by atoms with Crippen LogP contribution in [0.2, 0.25) is 0 Å². The van der Waals surface area contributed by atoms with E-state index in [0.29, 0.717) is 23.4 Å². The van der Waals surface area contributed by atoms with Crippen molar-refractivity contribution >= 4 is 18.1 Å². The van der Waals surface area contributed by atoms with Gasteiger partial charge in [-0.3, -0.25) is 9.98 Å². The molecule has 0 N–H and O–H groups in total. The van der Waals surface area contributed by atoms with E-state index >= 15 is 0 Å². The first-order chi connectivity index (χ1) is 12.8. The van der Waals surface area contributed by atoms with E-state index in [-0.39, 0.29) is 0 Å². The van der Waals surface area contributed by atoms with Gasteiger partial charge in [0, 0.05) is 37.3 Å². The third kappa shape index (κ3) is 2.46. The van der Waals surface area contributed by atoms with Crippen LogP contribution in [0.25, 0.3) is 17.5 Å². The molecule has 26 heavy (non-hydrogen) atoms. The molecule has 1 spiro atoms. The summed E-state index contributed by atoms with van der Waals surface area (Å²) >= 11 is 0. The van der Waals surface area contributed by atoms with Crippen LogP contribution in [-0.2, 0) is 6.42 Å². The second kappa shape index (κ2) is 5.86. The van der Waals surface area contributed by atoms with Gasteiger partial charge in [0.15, 0.2) is 5.82 Å².